The molecule has 0 aliphatic rings. The normalized spacial score (nSPS) is 10.2. The van der Waals surface area contributed by atoms with Crippen LogP contribution in [0.1, 0.15) is 22.2 Å². The van der Waals surface area contributed by atoms with Gasteiger partial charge in [0.2, 0.25) is 0 Å². The van der Waals surface area contributed by atoms with E-state index in [0.29, 0.717) is 10.6 Å². The van der Waals surface area contributed by atoms with Crippen molar-refractivity contribution in [2.45, 2.75) is 13.8 Å². The van der Waals surface area contributed by atoms with Crippen LogP contribution in [0.5, 0.6) is 5.75 Å². The molecule has 0 bridgehead atoms. The third-order valence-electron chi connectivity index (χ3n) is 2.51. The highest BCUT2D eigenvalue weighted by atomic mass is 32.1. The van der Waals surface area contributed by atoms with Gasteiger partial charge < -0.3 is 15.7 Å². The van der Waals surface area contributed by atoms with Gasteiger partial charge in [-0.3, -0.25) is 4.79 Å². The zero-order valence-corrected chi connectivity index (χ0v) is 11.5. The Labute approximate surface area is 115 Å². The molecule has 1 aromatic carbocycles. The molecule has 0 radical (unpaired) electrons. The molecule has 1 heterocycles. The van der Waals surface area contributed by atoms with E-state index in [1.165, 1.54) is 11.3 Å². The molecule has 19 heavy (non-hydrogen) atoms. The fraction of sp³-hybridized carbons (Fsp3) is 0.231. The first-order valence-electron chi connectivity index (χ1n) is 5.91. The Kier molecular flexibility index (Phi) is 4.01. The monoisotopic (exact) mass is 277 g/mol. The zero-order valence-electron chi connectivity index (χ0n) is 10.7. The third-order valence-corrected chi connectivity index (χ3v) is 3.47. The van der Waals surface area contributed by atoms with Crippen LogP contribution in [0.25, 0.3) is 0 Å². The molecule has 0 spiro atoms. The molecular weight excluding hydrogens is 262 g/mol. The summed E-state index contributed by atoms with van der Waals surface area (Å²) < 4.78 is 0. The molecule has 2 rings (SSSR count). The lowest BCUT2D eigenvalue weighted by Gasteiger charge is -2.05. The van der Waals surface area contributed by atoms with Gasteiger partial charge in [0.25, 0.3) is 5.91 Å². The first kappa shape index (κ1) is 13.4. The Morgan fingerprint density at radius 2 is 2.26 bits per heavy atom. The number of phenolic OH excluding ortho intramolecular Hbond substituents is 1. The highest BCUT2D eigenvalue weighted by Crippen LogP contribution is 2.22. The summed E-state index contributed by atoms with van der Waals surface area (Å²) in [5.41, 5.74) is 1.37. The van der Waals surface area contributed by atoms with Gasteiger partial charge in [0.1, 0.15) is 10.6 Å². The van der Waals surface area contributed by atoms with Crippen LogP contribution in [0.2, 0.25) is 0 Å². The van der Waals surface area contributed by atoms with Gasteiger partial charge in [-0.25, -0.2) is 4.98 Å². The van der Waals surface area contributed by atoms with Gasteiger partial charge in [-0.1, -0.05) is 11.3 Å². The smallest absolute Gasteiger partial charge is 0.267 e. The minimum atomic E-state index is -0.202. The molecule has 5 nitrogen and oxygen atoms in total. The van der Waals surface area contributed by atoms with Crippen molar-refractivity contribution < 1.29 is 9.90 Å². The van der Waals surface area contributed by atoms with E-state index in [0.717, 1.165) is 17.2 Å². The number of carbonyl (C=O) groups excluding carboxylic acids is 1. The van der Waals surface area contributed by atoms with E-state index in [1.54, 1.807) is 31.3 Å². The predicted octanol–water partition coefficient (Wildman–Crippen LogP) is 2.84. The lowest BCUT2D eigenvalue weighted by atomic mass is 10.2. The summed E-state index contributed by atoms with van der Waals surface area (Å²) in [5.74, 6) is 0.0111. The van der Waals surface area contributed by atoms with E-state index in [4.69, 9.17) is 0 Å². The summed E-state index contributed by atoms with van der Waals surface area (Å²) >= 11 is 1.31. The maximum atomic E-state index is 12.0. The van der Waals surface area contributed by atoms with Gasteiger partial charge in [0.05, 0.1) is 6.20 Å². The van der Waals surface area contributed by atoms with Crippen LogP contribution in [0, 0.1) is 6.92 Å². The van der Waals surface area contributed by atoms with E-state index in [9.17, 15) is 9.90 Å². The maximum absolute atomic E-state index is 12.0. The van der Waals surface area contributed by atoms with Crippen LogP contribution in [-0.2, 0) is 0 Å². The number of aryl methyl sites for hydroxylation is 1. The maximum Gasteiger partial charge on any atom is 0.267 e. The number of nitrogens with one attached hydrogen (secondary N) is 2. The number of thiazole rings is 1. The standard InChI is InChI=1S/C13H15N3O2S/c1-3-14-13-15-7-11(19-13)12(18)16-9-4-5-10(17)8(2)6-9/h4-7,17H,3H2,1-2H3,(H,14,15)(H,16,18). The highest BCUT2D eigenvalue weighted by molar-refractivity contribution is 7.17. The summed E-state index contributed by atoms with van der Waals surface area (Å²) in [7, 11) is 0. The van der Waals surface area contributed by atoms with Crippen molar-refractivity contribution in [1.29, 1.82) is 0 Å². The summed E-state index contributed by atoms with van der Waals surface area (Å²) in [6, 6.07) is 4.94. The van der Waals surface area contributed by atoms with Crippen molar-refractivity contribution >= 4 is 28.1 Å². The largest absolute Gasteiger partial charge is 0.508 e. The Morgan fingerprint density at radius 3 is 2.95 bits per heavy atom. The van der Waals surface area contributed by atoms with Crippen LogP contribution in [-0.4, -0.2) is 22.5 Å². The summed E-state index contributed by atoms with van der Waals surface area (Å²) in [6.45, 7) is 4.52. The molecule has 0 aliphatic heterocycles. The molecule has 6 heteroatoms. The first-order valence-corrected chi connectivity index (χ1v) is 6.72. The van der Waals surface area contributed by atoms with E-state index in [2.05, 4.69) is 15.6 Å². The van der Waals surface area contributed by atoms with Gasteiger partial charge >= 0.3 is 0 Å². The van der Waals surface area contributed by atoms with Crippen LogP contribution >= 0.6 is 11.3 Å². The van der Waals surface area contributed by atoms with Crippen molar-refractivity contribution in [3.8, 4) is 5.75 Å². The number of hydrogen-bond acceptors (Lipinski definition) is 5. The van der Waals surface area contributed by atoms with Crippen molar-refractivity contribution in [2.75, 3.05) is 17.2 Å². The fourth-order valence-electron chi connectivity index (χ4n) is 1.54. The third kappa shape index (κ3) is 3.23. The van der Waals surface area contributed by atoms with E-state index in [1.807, 2.05) is 6.92 Å². The highest BCUT2D eigenvalue weighted by Gasteiger charge is 2.11. The molecule has 3 N–H and O–H groups in total. The molecule has 100 valence electrons. The van der Waals surface area contributed by atoms with Crippen molar-refractivity contribution in [3.05, 3.63) is 34.8 Å². The number of aromatic nitrogens is 1. The van der Waals surface area contributed by atoms with Crippen molar-refractivity contribution in [1.82, 2.24) is 4.98 Å². The summed E-state index contributed by atoms with van der Waals surface area (Å²) in [4.78, 5) is 16.6. The van der Waals surface area contributed by atoms with Crippen LogP contribution in [0.3, 0.4) is 0 Å². The minimum Gasteiger partial charge on any atom is -0.508 e. The molecule has 0 unspecified atom stereocenters. The number of amides is 1. The Morgan fingerprint density at radius 1 is 1.47 bits per heavy atom. The summed E-state index contributed by atoms with van der Waals surface area (Å²) in [5, 5.41) is 16.0. The zero-order chi connectivity index (χ0) is 13.8. The number of hydrogen-bond donors (Lipinski definition) is 3. The van der Waals surface area contributed by atoms with Gasteiger partial charge in [0, 0.05) is 12.2 Å². The number of aromatic hydroxyl groups is 1. The second-order valence-corrected chi connectivity index (χ2v) is 5.05. The molecule has 0 aliphatic carbocycles. The lowest BCUT2D eigenvalue weighted by Crippen LogP contribution is -2.10. The van der Waals surface area contributed by atoms with Crippen LogP contribution < -0.4 is 10.6 Å². The molecule has 1 aromatic heterocycles. The second-order valence-electron chi connectivity index (χ2n) is 4.02. The predicted molar refractivity (Wildman–Crippen MR) is 77.1 cm³/mol. The molecule has 0 atom stereocenters. The first-order chi connectivity index (χ1) is 9.10. The van der Waals surface area contributed by atoms with Crippen molar-refractivity contribution in [3.63, 3.8) is 0 Å². The number of anilines is 2. The van der Waals surface area contributed by atoms with E-state index < -0.39 is 0 Å². The topological polar surface area (TPSA) is 74.2 Å². The second kappa shape index (κ2) is 5.71. The number of rotatable bonds is 4. The Bertz CT molecular complexity index is 595. The quantitative estimate of drug-likeness (QED) is 0.751. The van der Waals surface area contributed by atoms with E-state index in [-0.39, 0.29) is 11.7 Å². The van der Waals surface area contributed by atoms with Gasteiger partial charge in [0.15, 0.2) is 5.13 Å². The fourth-order valence-corrected chi connectivity index (χ4v) is 2.32. The lowest BCUT2D eigenvalue weighted by molar-refractivity contribution is 0.103. The van der Waals surface area contributed by atoms with Gasteiger partial charge in [-0.15, -0.1) is 0 Å². The number of nitrogens with zero attached hydrogens (tertiary/aromatic N) is 1. The summed E-state index contributed by atoms with van der Waals surface area (Å²) in [6.07, 6.45) is 1.55. The van der Waals surface area contributed by atoms with Crippen LogP contribution in [0.4, 0.5) is 10.8 Å². The molecule has 1 amide bonds. The average molecular weight is 277 g/mol. The van der Waals surface area contributed by atoms with Crippen molar-refractivity contribution in [2.24, 2.45) is 0 Å². The average Bonchev–Trinajstić information content (AvgIpc) is 2.83. The minimum absolute atomic E-state index is 0.202. The van der Waals surface area contributed by atoms with Gasteiger partial charge in [-0.05, 0) is 37.6 Å². The molecule has 2 aromatic rings. The molecule has 0 saturated heterocycles. The number of carbonyl (C=O) groups is 1. The molecule has 0 saturated carbocycles. The molecule has 0 fully saturated rings. The Hall–Kier alpha value is -2.08. The van der Waals surface area contributed by atoms with Gasteiger partial charge in [-0.2, -0.15) is 0 Å². The molecular formula is C13H15N3O2S. The van der Waals surface area contributed by atoms with Crippen LogP contribution in [0.15, 0.2) is 24.4 Å². The van der Waals surface area contributed by atoms with E-state index >= 15 is 0 Å². The number of benzene rings is 1. The number of phenols is 1. The Balaban J connectivity index is 2.09. The SMILES string of the molecule is CCNc1ncc(C(=O)Nc2ccc(O)c(C)c2)s1.